The van der Waals surface area contributed by atoms with Gasteiger partial charge in [-0.25, -0.2) is 24.0 Å². The largest absolute Gasteiger partial charge is 0.490 e. The van der Waals surface area contributed by atoms with Gasteiger partial charge in [-0.2, -0.15) is 13.2 Å². The molecule has 3 N–H and O–H groups in total. The van der Waals surface area contributed by atoms with Crippen molar-refractivity contribution >= 4 is 65.8 Å². The van der Waals surface area contributed by atoms with Crippen molar-refractivity contribution in [2.75, 3.05) is 49.0 Å². The molecule has 0 aliphatic carbocycles. The molecule has 3 amide bonds. The number of unbranched alkanes of at least 4 members (excludes halogenated alkanes) is 2. The molecule has 0 radical (unpaired) electrons. The van der Waals surface area contributed by atoms with Crippen molar-refractivity contribution in [3.05, 3.63) is 98.1 Å². The monoisotopic (exact) mass is 853 g/mol. The fourth-order valence-corrected chi connectivity index (χ4v) is 6.08. The molecule has 0 unspecified atom stereocenters. The fraction of sp³-hybridized carbons (Fsp3) is 0.270. The van der Waals surface area contributed by atoms with E-state index in [9.17, 15) is 37.1 Å². The number of halogens is 3. The average Bonchev–Trinajstić information content (AvgIpc) is 3.18. The van der Waals surface area contributed by atoms with Crippen molar-refractivity contribution in [3.8, 4) is 17.2 Å². The van der Waals surface area contributed by atoms with Gasteiger partial charge in [0.15, 0.2) is 6.61 Å². The van der Waals surface area contributed by atoms with E-state index in [2.05, 4.69) is 33.8 Å². The summed E-state index contributed by atoms with van der Waals surface area (Å²) in [6.45, 7) is 1.50. The Bertz CT molecular complexity index is 1800. The zero-order chi connectivity index (χ0) is 42.4. The Hall–Kier alpha value is -6.27. The minimum Gasteiger partial charge on any atom is -0.463 e. The number of carbonyl (C=O) groups is 5. The van der Waals surface area contributed by atoms with Crippen molar-refractivity contribution in [1.82, 2.24) is 0 Å². The number of esters is 2. The van der Waals surface area contributed by atoms with Crippen molar-refractivity contribution in [3.63, 3.8) is 0 Å². The maximum Gasteiger partial charge on any atom is 0.490 e. The molecule has 3 aromatic rings. The number of nitrogens with one attached hydrogen (secondary N) is 3. The van der Waals surface area contributed by atoms with Gasteiger partial charge < -0.3 is 37.3 Å². The van der Waals surface area contributed by atoms with Crippen LogP contribution in [-0.4, -0.2) is 69.4 Å². The molecular formula is C37H39F3N3O13PS. The third-order valence-electron chi connectivity index (χ3n) is 6.69. The Morgan fingerprint density at radius 3 is 1.12 bits per heavy atom. The second-order valence-electron chi connectivity index (χ2n) is 11.3. The van der Waals surface area contributed by atoms with Crippen LogP contribution in [0.3, 0.4) is 0 Å². The molecule has 21 heteroatoms. The number of hydrogen-bond donors (Lipinski definition) is 3. The van der Waals surface area contributed by atoms with Gasteiger partial charge in [-0.05, 0) is 98.5 Å². The summed E-state index contributed by atoms with van der Waals surface area (Å²) in [5.41, 5.74) is 0.778. The maximum atomic E-state index is 12.4. The first-order valence-corrected chi connectivity index (χ1v) is 19.7. The highest BCUT2D eigenvalue weighted by atomic mass is 32.5. The molecule has 3 rings (SSSR count). The van der Waals surface area contributed by atoms with Gasteiger partial charge in [0.2, 0.25) is 0 Å². The van der Waals surface area contributed by atoms with Crippen LogP contribution in [0.2, 0.25) is 0 Å². The van der Waals surface area contributed by atoms with Gasteiger partial charge in [0.05, 0.1) is 26.4 Å². The molecule has 0 fully saturated rings. The van der Waals surface area contributed by atoms with Gasteiger partial charge >= 0.3 is 43.1 Å². The van der Waals surface area contributed by atoms with Gasteiger partial charge in [0.25, 0.3) is 0 Å². The van der Waals surface area contributed by atoms with Gasteiger partial charge in [-0.1, -0.05) is 13.2 Å². The van der Waals surface area contributed by atoms with Crippen molar-refractivity contribution in [2.45, 2.75) is 31.9 Å². The van der Waals surface area contributed by atoms with E-state index in [0.717, 1.165) is 12.2 Å². The van der Waals surface area contributed by atoms with E-state index in [4.69, 9.17) is 44.3 Å². The number of hydrogen-bond acceptors (Lipinski definition) is 14. The first-order chi connectivity index (χ1) is 27.6. The summed E-state index contributed by atoms with van der Waals surface area (Å²) in [7, 11) is 0. The van der Waals surface area contributed by atoms with Gasteiger partial charge in [0.1, 0.15) is 17.2 Å². The second-order valence-corrected chi connectivity index (χ2v) is 14.1. The van der Waals surface area contributed by atoms with Crippen LogP contribution < -0.4 is 29.5 Å². The van der Waals surface area contributed by atoms with Crippen LogP contribution in [0.1, 0.15) is 25.7 Å². The lowest BCUT2D eigenvalue weighted by molar-refractivity contribution is -0.159. The summed E-state index contributed by atoms with van der Waals surface area (Å²) >= 11 is 5.73. The number of alkyl halides is 3. The summed E-state index contributed by atoms with van der Waals surface area (Å²) < 4.78 is 79.3. The number of benzene rings is 3. The Labute approximate surface area is 335 Å². The molecule has 312 valence electrons. The zero-order valence-corrected chi connectivity index (χ0v) is 32.4. The minimum atomic E-state index is -4.70. The quantitative estimate of drug-likeness (QED) is 0.0286. The Morgan fingerprint density at radius 1 is 0.534 bits per heavy atom. The lowest BCUT2D eigenvalue weighted by Gasteiger charge is -2.23. The van der Waals surface area contributed by atoms with Crippen LogP contribution in [0, 0.1) is 0 Å². The summed E-state index contributed by atoms with van der Waals surface area (Å²) in [6, 6.07) is 17.2. The normalized spacial score (nSPS) is 10.8. The van der Waals surface area contributed by atoms with Gasteiger partial charge in [0, 0.05) is 41.0 Å². The topological polar surface area (TPSA) is 195 Å². The van der Waals surface area contributed by atoms with E-state index in [0.29, 0.717) is 37.1 Å². The molecule has 0 atom stereocenters. The predicted molar refractivity (Wildman–Crippen MR) is 207 cm³/mol. The number of carbonyl (C=O) groups excluding carboxylic acids is 5. The average molecular weight is 854 g/mol. The molecule has 58 heavy (non-hydrogen) atoms. The summed E-state index contributed by atoms with van der Waals surface area (Å²) in [6.07, 6.45) is -3.52. The van der Waals surface area contributed by atoms with E-state index < -0.39 is 49.7 Å². The molecule has 0 aliphatic heterocycles. The van der Waals surface area contributed by atoms with Crippen LogP contribution in [0.25, 0.3) is 0 Å². The molecule has 16 nitrogen and oxygen atoms in total. The maximum absolute atomic E-state index is 12.4. The Balaban J connectivity index is 1.63. The van der Waals surface area contributed by atoms with Crippen molar-refractivity contribution < 1.29 is 74.4 Å². The third-order valence-corrected chi connectivity index (χ3v) is 8.66. The second kappa shape index (κ2) is 23.7. The molecule has 0 spiro atoms. The molecule has 0 saturated carbocycles. The summed E-state index contributed by atoms with van der Waals surface area (Å²) in [5.74, 6) is -0.653. The molecule has 0 aromatic heterocycles. The fourth-order valence-electron chi connectivity index (χ4n) is 4.05. The lowest BCUT2D eigenvalue weighted by atomic mass is 10.3. The van der Waals surface area contributed by atoms with Gasteiger partial charge in [-0.15, -0.1) is 0 Å². The van der Waals surface area contributed by atoms with Crippen molar-refractivity contribution in [2.24, 2.45) is 0 Å². The molecule has 0 bridgehead atoms. The predicted octanol–water partition coefficient (Wildman–Crippen LogP) is 8.67. The molecule has 0 saturated heterocycles. The minimum absolute atomic E-state index is 0.0780. The van der Waals surface area contributed by atoms with Crippen molar-refractivity contribution in [1.29, 1.82) is 0 Å². The number of anilines is 3. The highest BCUT2D eigenvalue weighted by Crippen LogP contribution is 2.50. The van der Waals surface area contributed by atoms with E-state index in [-0.39, 0.29) is 49.4 Å². The van der Waals surface area contributed by atoms with Crippen LogP contribution >= 0.6 is 6.72 Å². The SMILES string of the molecule is C=CC(=O)OCCCCOC(=O)Nc1ccc(OP(=S)(Oc2ccc(NC(=O)OCCCCOC(=O)C=C)cc2)Oc2ccc(NC(=O)OCC(F)(F)F)cc2)cc1. The smallest absolute Gasteiger partial charge is 0.463 e. The highest BCUT2D eigenvalue weighted by molar-refractivity contribution is 8.08. The Morgan fingerprint density at radius 2 is 0.828 bits per heavy atom. The number of rotatable bonds is 22. The third kappa shape index (κ3) is 19.1. The van der Waals surface area contributed by atoms with E-state index in [1.807, 2.05) is 0 Å². The summed E-state index contributed by atoms with van der Waals surface area (Å²) in [5, 5.41) is 7.28. The number of amides is 3. The van der Waals surface area contributed by atoms with E-state index in [1.54, 1.807) is 0 Å². The van der Waals surface area contributed by atoms with E-state index >= 15 is 0 Å². The van der Waals surface area contributed by atoms with Crippen LogP contribution in [-0.2, 0) is 45.1 Å². The van der Waals surface area contributed by atoms with Crippen LogP contribution in [0.4, 0.5) is 44.6 Å². The first-order valence-electron chi connectivity index (χ1n) is 17.1. The molecule has 0 heterocycles. The van der Waals surface area contributed by atoms with Gasteiger partial charge in [-0.3, -0.25) is 16.0 Å². The highest BCUT2D eigenvalue weighted by Gasteiger charge is 2.30. The molecule has 0 aliphatic rings. The Kier molecular flexibility index (Phi) is 18.9. The van der Waals surface area contributed by atoms with E-state index in [1.165, 1.54) is 72.8 Å². The van der Waals surface area contributed by atoms with Crippen LogP contribution in [0.5, 0.6) is 17.2 Å². The standard InChI is InChI=1S/C37H39F3N3O13PS/c1-3-32(44)49-21-5-7-23-51-34(46)41-26-9-15-29(16-10-26)54-57(58,56-31-19-13-28(14-20-31)43-36(48)53-25-37(38,39)40)55-30-17-11-27(12-18-30)42-35(47)52-24-8-6-22-50-33(45)4-2/h3-4,9-20H,1-2,5-8,21-25H2,(H,41,46)(H,42,47)(H,43,48). The lowest BCUT2D eigenvalue weighted by Crippen LogP contribution is -2.23. The summed E-state index contributed by atoms with van der Waals surface area (Å²) in [4.78, 5) is 58.4. The number of ether oxygens (including phenoxy) is 5. The first kappa shape index (κ1) is 46.1. The molecular weight excluding hydrogens is 814 g/mol. The van der Waals surface area contributed by atoms with Crippen LogP contribution in [0.15, 0.2) is 98.1 Å². The zero-order valence-electron chi connectivity index (χ0n) is 30.7. The molecule has 3 aromatic carbocycles.